The van der Waals surface area contributed by atoms with E-state index in [4.69, 9.17) is 0 Å². The summed E-state index contributed by atoms with van der Waals surface area (Å²) in [4.78, 5) is 13.6. The van der Waals surface area contributed by atoms with Gasteiger partial charge in [-0.25, -0.2) is 8.42 Å². The molecule has 0 bridgehead atoms. The van der Waals surface area contributed by atoms with Gasteiger partial charge in [-0.2, -0.15) is 4.31 Å². The van der Waals surface area contributed by atoms with Crippen molar-refractivity contribution >= 4 is 33.4 Å². The van der Waals surface area contributed by atoms with Gasteiger partial charge in [0.05, 0.1) is 10.1 Å². The van der Waals surface area contributed by atoms with Gasteiger partial charge in [0.25, 0.3) is 0 Å². The zero-order chi connectivity index (χ0) is 19.2. The molecule has 0 radical (unpaired) electrons. The fraction of sp³-hybridized carbons (Fsp3) is 0.316. The quantitative estimate of drug-likeness (QED) is 0.693. The van der Waals surface area contributed by atoms with Crippen LogP contribution in [-0.2, 0) is 14.8 Å². The van der Waals surface area contributed by atoms with Crippen molar-refractivity contribution < 1.29 is 13.2 Å². The Hall–Kier alpha value is -1.83. The maximum absolute atomic E-state index is 12.5. The summed E-state index contributed by atoms with van der Waals surface area (Å²) in [6, 6.07) is 16.0. The van der Waals surface area contributed by atoms with Crippen molar-refractivity contribution in [2.45, 2.75) is 35.8 Å². The molecule has 140 valence electrons. The molecule has 2 aromatic carbocycles. The van der Waals surface area contributed by atoms with Gasteiger partial charge in [0.15, 0.2) is 0 Å². The molecule has 2 rings (SSSR count). The standard InChI is InChI=1S/C19H24N2O3S2/c1-4-21(5-2)26(23,24)18-13-11-16(12-14-18)20-19(22)15(3)25-17-9-7-6-8-10-17/h6-15H,4-5H2,1-3H3,(H,20,22)/t15-/m1/s1. The van der Waals surface area contributed by atoms with Crippen LogP contribution in [0.2, 0.25) is 0 Å². The van der Waals surface area contributed by atoms with E-state index in [0.29, 0.717) is 18.8 Å². The third kappa shape index (κ3) is 5.09. The Bertz CT molecular complexity index is 818. The minimum atomic E-state index is -3.49. The van der Waals surface area contributed by atoms with Gasteiger partial charge in [-0.3, -0.25) is 4.79 Å². The number of hydrogen-bond donors (Lipinski definition) is 1. The molecule has 0 heterocycles. The maximum Gasteiger partial charge on any atom is 0.243 e. The van der Waals surface area contributed by atoms with E-state index in [1.807, 2.05) is 37.3 Å². The number of carbonyl (C=O) groups is 1. The van der Waals surface area contributed by atoms with Crippen LogP contribution in [0.3, 0.4) is 0 Å². The van der Waals surface area contributed by atoms with Crippen LogP contribution in [0.5, 0.6) is 0 Å². The fourth-order valence-electron chi connectivity index (χ4n) is 2.42. The van der Waals surface area contributed by atoms with Gasteiger partial charge in [-0.1, -0.05) is 32.0 Å². The Morgan fingerprint density at radius 3 is 2.15 bits per heavy atom. The predicted molar refractivity (Wildman–Crippen MR) is 107 cm³/mol. The summed E-state index contributed by atoms with van der Waals surface area (Å²) in [6.07, 6.45) is 0. The molecular formula is C19H24N2O3S2. The number of rotatable bonds is 8. The van der Waals surface area contributed by atoms with Crippen LogP contribution in [0.25, 0.3) is 0 Å². The lowest BCUT2D eigenvalue weighted by molar-refractivity contribution is -0.115. The van der Waals surface area contributed by atoms with Gasteiger partial charge in [0.1, 0.15) is 0 Å². The van der Waals surface area contributed by atoms with Crippen LogP contribution in [0, 0.1) is 0 Å². The van der Waals surface area contributed by atoms with Gasteiger partial charge in [0, 0.05) is 23.7 Å². The van der Waals surface area contributed by atoms with Crippen molar-refractivity contribution in [3.05, 3.63) is 54.6 Å². The van der Waals surface area contributed by atoms with E-state index in [2.05, 4.69) is 5.32 Å². The maximum atomic E-state index is 12.5. The van der Waals surface area contributed by atoms with Gasteiger partial charge in [-0.15, -0.1) is 11.8 Å². The number of thioether (sulfide) groups is 1. The van der Waals surface area contributed by atoms with E-state index in [1.165, 1.54) is 28.2 Å². The molecule has 1 amide bonds. The predicted octanol–water partition coefficient (Wildman–Crippen LogP) is 3.84. The lowest BCUT2D eigenvalue weighted by Gasteiger charge is -2.18. The first-order chi connectivity index (χ1) is 12.4. The van der Waals surface area contributed by atoms with Crippen LogP contribution >= 0.6 is 11.8 Å². The highest BCUT2D eigenvalue weighted by molar-refractivity contribution is 8.00. The van der Waals surface area contributed by atoms with Crippen molar-refractivity contribution in [2.24, 2.45) is 0 Å². The zero-order valence-corrected chi connectivity index (χ0v) is 16.8. The summed E-state index contributed by atoms with van der Waals surface area (Å²) in [7, 11) is -3.49. The second-order valence-electron chi connectivity index (χ2n) is 5.68. The number of nitrogens with one attached hydrogen (secondary N) is 1. The van der Waals surface area contributed by atoms with Gasteiger partial charge in [0.2, 0.25) is 15.9 Å². The van der Waals surface area contributed by atoms with E-state index in [9.17, 15) is 13.2 Å². The second-order valence-corrected chi connectivity index (χ2v) is 9.03. The Labute approximate surface area is 159 Å². The zero-order valence-electron chi connectivity index (χ0n) is 15.2. The van der Waals surface area contributed by atoms with E-state index in [-0.39, 0.29) is 16.1 Å². The summed E-state index contributed by atoms with van der Waals surface area (Å²) >= 11 is 1.47. The average molecular weight is 393 g/mol. The SMILES string of the molecule is CCN(CC)S(=O)(=O)c1ccc(NC(=O)[C@@H](C)Sc2ccccc2)cc1. The molecular weight excluding hydrogens is 368 g/mol. The topological polar surface area (TPSA) is 66.5 Å². The minimum Gasteiger partial charge on any atom is -0.325 e. The normalized spacial score (nSPS) is 12.8. The molecule has 2 aromatic rings. The Morgan fingerprint density at radius 1 is 1.04 bits per heavy atom. The first kappa shape index (κ1) is 20.5. The number of benzene rings is 2. The Morgan fingerprint density at radius 2 is 1.62 bits per heavy atom. The van der Waals surface area contributed by atoms with Gasteiger partial charge >= 0.3 is 0 Å². The number of carbonyl (C=O) groups excluding carboxylic acids is 1. The Balaban J connectivity index is 2.03. The molecule has 7 heteroatoms. The molecule has 0 aliphatic carbocycles. The second kappa shape index (κ2) is 9.21. The number of amides is 1. The summed E-state index contributed by atoms with van der Waals surface area (Å²) in [5.41, 5.74) is 0.578. The molecule has 1 atom stereocenters. The van der Waals surface area contributed by atoms with Crippen molar-refractivity contribution in [2.75, 3.05) is 18.4 Å². The third-order valence-corrected chi connectivity index (χ3v) is 7.07. The first-order valence-electron chi connectivity index (χ1n) is 8.51. The van der Waals surface area contributed by atoms with Crippen LogP contribution in [0.1, 0.15) is 20.8 Å². The van der Waals surface area contributed by atoms with Crippen molar-refractivity contribution in [3.8, 4) is 0 Å². The molecule has 0 unspecified atom stereocenters. The third-order valence-electron chi connectivity index (χ3n) is 3.89. The molecule has 0 saturated heterocycles. The highest BCUT2D eigenvalue weighted by Gasteiger charge is 2.21. The van der Waals surface area contributed by atoms with Crippen LogP contribution in [-0.4, -0.2) is 37.0 Å². The molecule has 1 N–H and O–H groups in total. The molecule has 0 fully saturated rings. The highest BCUT2D eigenvalue weighted by Crippen LogP contribution is 2.24. The average Bonchev–Trinajstić information content (AvgIpc) is 2.63. The van der Waals surface area contributed by atoms with Crippen LogP contribution in [0.4, 0.5) is 5.69 Å². The summed E-state index contributed by atoms with van der Waals surface area (Å²) in [5, 5.41) is 2.56. The largest absolute Gasteiger partial charge is 0.325 e. The summed E-state index contributed by atoms with van der Waals surface area (Å²) < 4.78 is 26.4. The van der Waals surface area contributed by atoms with E-state index < -0.39 is 10.0 Å². The molecule has 0 spiro atoms. The molecule has 26 heavy (non-hydrogen) atoms. The number of nitrogens with zero attached hydrogens (tertiary/aromatic N) is 1. The minimum absolute atomic E-state index is 0.127. The van der Waals surface area contributed by atoms with Crippen LogP contribution in [0.15, 0.2) is 64.4 Å². The van der Waals surface area contributed by atoms with Crippen LogP contribution < -0.4 is 5.32 Å². The molecule has 0 aliphatic rings. The molecule has 5 nitrogen and oxygen atoms in total. The fourth-order valence-corrected chi connectivity index (χ4v) is 4.77. The van der Waals surface area contributed by atoms with Crippen molar-refractivity contribution in [1.29, 1.82) is 0 Å². The molecule has 0 aliphatic heterocycles. The Kier molecular flexibility index (Phi) is 7.25. The highest BCUT2D eigenvalue weighted by atomic mass is 32.2. The smallest absolute Gasteiger partial charge is 0.243 e. The number of sulfonamides is 1. The van der Waals surface area contributed by atoms with Gasteiger partial charge in [-0.05, 0) is 43.3 Å². The number of hydrogen-bond acceptors (Lipinski definition) is 4. The van der Waals surface area contributed by atoms with Gasteiger partial charge < -0.3 is 5.32 Å². The monoisotopic (exact) mass is 392 g/mol. The molecule has 0 aromatic heterocycles. The lowest BCUT2D eigenvalue weighted by atomic mass is 10.3. The number of anilines is 1. The van der Waals surface area contributed by atoms with E-state index in [0.717, 1.165) is 4.90 Å². The summed E-state index contributed by atoms with van der Waals surface area (Å²) in [6.45, 7) is 6.30. The molecule has 0 saturated carbocycles. The van der Waals surface area contributed by atoms with Crippen molar-refractivity contribution in [3.63, 3.8) is 0 Å². The van der Waals surface area contributed by atoms with Crippen molar-refractivity contribution in [1.82, 2.24) is 4.31 Å². The first-order valence-corrected chi connectivity index (χ1v) is 10.8. The van der Waals surface area contributed by atoms with E-state index in [1.54, 1.807) is 26.0 Å². The lowest BCUT2D eigenvalue weighted by Crippen LogP contribution is -2.30. The van der Waals surface area contributed by atoms with E-state index >= 15 is 0 Å². The summed E-state index contributed by atoms with van der Waals surface area (Å²) in [5.74, 6) is -0.127.